The molecular formula is C17H23N5. The molecule has 0 aliphatic carbocycles. The Hall–Kier alpha value is -2.14. The van der Waals surface area contributed by atoms with Gasteiger partial charge in [-0.25, -0.2) is 4.98 Å². The Bertz CT molecular complexity index is 593. The molecule has 5 nitrogen and oxygen atoms in total. The fourth-order valence-electron chi connectivity index (χ4n) is 2.74. The van der Waals surface area contributed by atoms with Crippen LogP contribution in [0.5, 0.6) is 0 Å². The van der Waals surface area contributed by atoms with Crippen molar-refractivity contribution in [3.8, 4) is 0 Å². The standard InChI is InChI=1S/C17H23N5/c1-3-21-11-13-22(14-12-21)16-9-10-18-17(19-16)20(2)15-7-5-4-6-8-15/h4-10H,3,11-14H2,1-2H3. The number of rotatable bonds is 4. The zero-order valence-corrected chi connectivity index (χ0v) is 13.3. The van der Waals surface area contributed by atoms with E-state index in [2.05, 4.69) is 33.8 Å². The molecule has 0 saturated carbocycles. The predicted molar refractivity (Wildman–Crippen MR) is 90.9 cm³/mol. The average Bonchev–Trinajstić information content (AvgIpc) is 2.62. The Morgan fingerprint density at radius 1 is 1.05 bits per heavy atom. The summed E-state index contributed by atoms with van der Waals surface area (Å²) in [6.07, 6.45) is 1.85. The van der Waals surface area contributed by atoms with E-state index in [1.54, 1.807) is 0 Å². The zero-order valence-electron chi connectivity index (χ0n) is 13.3. The number of aromatic nitrogens is 2. The summed E-state index contributed by atoms with van der Waals surface area (Å²) in [4.78, 5) is 16.0. The van der Waals surface area contributed by atoms with Crippen LogP contribution in [0.2, 0.25) is 0 Å². The third kappa shape index (κ3) is 3.20. The number of piperazine rings is 1. The van der Waals surface area contributed by atoms with E-state index in [0.29, 0.717) is 0 Å². The molecule has 0 amide bonds. The van der Waals surface area contributed by atoms with Crippen molar-refractivity contribution in [1.82, 2.24) is 14.9 Å². The van der Waals surface area contributed by atoms with E-state index in [4.69, 9.17) is 4.98 Å². The molecule has 1 saturated heterocycles. The summed E-state index contributed by atoms with van der Waals surface area (Å²) in [5.74, 6) is 1.75. The Kier molecular flexibility index (Phi) is 4.53. The monoisotopic (exact) mass is 297 g/mol. The Labute approximate surface area is 132 Å². The van der Waals surface area contributed by atoms with Gasteiger partial charge in [0.25, 0.3) is 0 Å². The Morgan fingerprint density at radius 3 is 2.45 bits per heavy atom. The van der Waals surface area contributed by atoms with E-state index < -0.39 is 0 Å². The number of hydrogen-bond acceptors (Lipinski definition) is 5. The van der Waals surface area contributed by atoms with E-state index in [0.717, 1.165) is 50.2 Å². The molecular weight excluding hydrogens is 274 g/mol. The minimum Gasteiger partial charge on any atom is -0.354 e. The molecule has 1 aliphatic rings. The highest BCUT2D eigenvalue weighted by Crippen LogP contribution is 2.22. The van der Waals surface area contributed by atoms with Crippen molar-refractivity contribution >= 4 is 17.5 Å². The molecule has 0 radical (unpaired) electrons. The molecule has 5 heteroatoms. The van der Waals surface area contributed by atoms with Gasteiger partial charge in [-0.05, 0) is 24.7 Å². The number of likely N-dealkylation sites (N-methyl/N-ethyl adjacent to an activating group) is 1. The van der Waals surface area contributed by atoms with Crippen molar-refractivity contribution in [2.45, 2.75) is 6.92 Å². The zero-order chi connectivity index (χ0) is 15.4. The van der Waals surface area contributed by atoms with Crippen LogP contribution in [-0.4, -0.2) is 54.6 Å². The van der Waals surface area contributed by atoms with E-state index >= 15 is 0 Å². The lowest BCUT2D eigenvalue weighted by atomic mass is 10.3. The van der Waals surface area contributed by atoms with Gasteiger partial charge in [0.15, 0.2) is 0 Å². The molecule has 0 atom stereocenters. The van der Waals surface area contributed by atoms with Gasteiger partial charge >= 0.3 is 0 Å². The number of hydrogen-bond donors (Lipinski definition) is 0. The molecule has 0 spiro atoms. The molecule has 116 valence electrons. The third-order valence-electron chi connectivity index (χ3n) is 4.22. The summed E-state index contributed by atoms with van der Waals surface area (Å²) >= 11 is 0. The van der Waals surface area contributed by atoms with Gasteiger partial charge in [0.05, 0.1) is 0 Å². The average molecular weight is 297 g/mol. The van der Waals surface area contributed by atoms with Crippen molar-refractivity contribution in [2.75, 3.05) is 49.6 Å². The first kappa shape index (κ1) is 14.8. The van der Waals surface area contributed by atoms with Crippen LogP contribution in [0.25, 0.3) is 0 Å². The SMILES string of the molecule is CCN1CCN(c2ccnc(N(C)c3ccccc3)n2)CC1. The molecule has 0 unspecified atom stereocenters. The molecule has 1 aromatic heterocycles. The second kappa shape index (κ2) is 6.75. The quantitative estimate of drug-likeness (QED) is 0.866. The van der Waals surface area contributed by atoms with Gasteiger partial charge in [-0.3, -0.25) is 0 Å². The number of nitrogens with zero attached hydrogens (tertiary/aromatic N) is 5. The number of para-hydroxylation sites is 1. The minimum atomic E-state index is 0.738. The Morgan fingerprint density at radius 2 is 1.77 bits per heavy atom. The minimum absolute atomic E-state index is 0.738. The van der Waals surface area contributed by atoms with Crippen LogP contribution in [0, 0.1) is 0 Å². The molecule has 1 aliphatic heterocycles. The summed E-state index contributed by atoms with van der Waals surface area (Å²) in [5.41, 5.74) is 1.09. The van der Waals surface area contributed by atoms with Gasteiger partial charge in [0.2, 0.25) is 5.95 Å². The Balaban J connectivity index is 1.76. The van der Waals surface area contributed by atoms with Crippen LogP contribution >= 0.6 is 0 Å². The largest absolute Gasteiger partial charge is 0.354 e. The van der Waals surface area contributed by atoms with Crippen LogP contribution in [0.4, 0.5) is 17.5 Å². The van der Waals surface area contributed by atoms with Gasteiger partial charge in [-0.1, -0.05) is 25.1 Å². The second-order valence-corrected chi connectivity index (χ2v) is 5.53. The predicted octanol–water partition coefficient (Wildman–Crippen LogP) is 2.39. The van der Waals surface area contributed by atoms with Crippen molar-refractivity contribution in [3.05, 3.63) is 42.6 Å². The van der Waals surface area contributed by atoms with Crippen LogP contribution in [0.3, 0.4) is 0 Å². The molecule has 2 aromatic rings. The highest BCUT2D eigenvalue weighted by molar-refractivity contribution is 5.57. The molecule has 0 bridgehead atoms. The molecule has 22 heavy (non-hydrogen) atoms. The lowest BCUT2D eigenvalue weighted by Gasteiger charge is -2.35. The van der Waals surface area contributed by atoms with E-state index in [1.165, 1.54) is 0 Å². The highest BCUT2D eigenvalue weighted by atomic mass is 15.3. The maximum absolute atomic E-state index is 4.75. The molecule has 3 rings (SSSR count). The lowest BCUT2D eigenvalue weighted by Crippen LogP contribution is -2.46. The fourth-order valence-corrected chi connectivity index (χ4v) is 2.74. The van der Waals surface area contributed by atoms with E-state index in [-0.39, 0.29) is 0 Å². The fraction of sp³-hybridized carbons (Fsp3) is 0.412. The van der Waals surface area contributed by atoms with Gasteiger partial charge in [-0.2, -0.15) is 4.98 Å². The molecule has 1 fully saturated rings. The first-order valence-corrected chi connectivity index (χ1v) is 7.87. The van der Waals surface area contributed by atoms with E-state index in [1.807, 2.05) is 42.4 Å². The van der Waals surface area contributed by atoms with Gasteiger partial charge in [0, 0.05) is 45.1 Å². The van der Waals surface area contributed by atoms with Crippen LogP contribution in [0.15, 0.2) is 42.6 Å². The first-order chi connectivity index (χ1) is 10.8. The summed E-state index contributed by atoms with van der Waals surface area (Å²) in [5, 5.41) is 0. The van der Waals surface area contributed by atoms with Crippen molar-refractivity contribution in [3.63, 3.8) is 0 Å². The summed E-state index contributed by atoms with van der Waals surface area (Å²) in [6.45, 7) is 7.60. The first-order valence-electron chi connectivity index (χ1n) is 7.87. The van der Waals surface area contributed by atoms with Gasteiger partial charge in [-0.15, -0.1) is 0 Å². The molecule has 0 N–H and O–H groups in total. The maximum atomic E-state index is 4.75. The summed E-state index contributed by atoms with van der Waals surface area (Å²) < 4.78 is 0. The maximum Gasteiger partial charge on any atom is 0.231 e. The summed E-state index contributed by atoms with van der Waals surface area (Å²) in [7, 11) is 2.00. The lowest BCUT2D eigenvalue weighted by molar-refractivity contribution is 0.270. The van der Waals surface area contributed by atoms with Crippen LogP contribution in [-0.2, 0) is 0 Å². The molecule has 1 aromatic carbocycles. The number of benzene rings is 1. The molecule has 2 heterocycles. The third-order valence-corrected chi connectivity index (χ3v) is 4.22. The number of anilines is 3. The van der Waals surface area contributed by atoms with Crippen molar-refractivity contribution in [1.29, 1.82) is 0 Å². The second-order valence-electron chi connectivity index (χ2n) is 5.53. The van der Waals surface area contributed by atoms with Gasteiger partial charge < -0.3 is 14.7 Å². The smallest absolute Gasteiger partial charge is 0.231 e. The van der Waals surface area contributed by atoms with Gasteiger partial charge in [0.1, 0.15) is 5.82 Å². The van der Waals surface area contributed by atoms with Crippen LogP contribution in [0.1, 0.15) is 6.92 Å². The van der Waals surface area contributed by atoms with Crippen molar-refractivity contribution in [2.24, 2.45) is 0 Å². The topological polar surface area (TPSA) is 35.5 Å². The van der Waals surface area contributed by atoms with Crippen molar-refractivity contribution < 1.29 is 0 Å². The van der Waals surface area contributed by atoms with Crippen LogP contribution < -0.4 is 9.80 Å². The van der Waals surface area contributed by atoms with E-state index in [9.17, 15) is 0 Å². The normalized spacial score (nSPS) is 15.8. The highest BCUT2D eigenvalue weighted by Gasteiger charge is 2.17. The summed E-state index contributed by atoms with van der Waals surface area (Å²) in [6, 6.07) is 12.2.